The maximum atomic E-state index is 12.7. The number of rotatable bonds is 2. The molecule has 2 heterocycles. The van der Waals surface area contributed by atoms with Gasteiger partial charge in [0, 0.05) is 47.9 Å². The van der Waals surface area contributed by atoms with Crippen molar-refractivity contribution in [3.63, 3.8) is 0 Å². The Morgan fingerprint density at radius 1 is 1.39 bits per heavy atom. The van der Waals surface area contributed by atoms with E-state index >= 15 is 0 Å². The molecule has 1 saturated heterocycles. The Labute approximate surface area is 153 Å². The predicted octanol–water partition coefficient (Wildman–Crippen LogP) is 3.40. The van der Waals surface area contributed by atoms with Gasteiger partial charge in [-0.15, -0.1) is 36.2 Å². The first-order valence-corrected chi connectivity index (χ1v) is 8.07. The summed E-state index contributed by atoms with van der Waals surface area (Å²) < 4.78 is 0. The molecule has 0 unspecified atom stereocenters. The summed E-state index contributed by atoms with van der Waals surface area (Å²) >= 11 is 1.61. The van der Waals surface area contributed by atoms with E-state index in [1.165, 1.54) is 0 Å². The van der Waals surface area contributed by atoms with Gasteiger partial charge in [0.15, 0.2) is 0 Å². The number of thiazole rings is 1. The molecule has 1 atom stereocenters. The zero-order chi connectivity index (χ0) is 14.8. The summed E-state index contributed by atoms with van der Waals surface area (Å²) in [6.45, 7) is 6.55. The molecule has 126 valence electrons. The first-order valence-electron chi connectivity index (χ1n) is 7.19. The van der Waals surface area contributed by atoms with Crippen LogP contribution in [0.15, 0.2) is 29.6 Å². The Morgan fingerprint density at radius 3 is 2.83 bits per heavy atom. The van der Waals surface area contributed by atoms with E-state index in [0.717, 1.165) is 41.5 Å². The third kappa shape index (κ3) is 4.44. The molecule has 4 nitrogen and oxygen atoms in total. The van der Waals surface area contributed by atoms with Gasteiger partial charge in [-0.3, -0.25) is 4.79 Å². The van der Waals surface area contributed by atoms with Gasteiger partial charge in [0.05, 0.1) is 0 Å². The van der Waals surface area contributed by atoms with Gasteiger partial charge in [0.25, 0.3) is 5.91 Å². The van der Waals surface area contributed by atoms with Crippen LogP contribution in [0.25, 0.3) is 10.6 Å². The molecule has 0 bridgehead atoms. The summed E-state index contributed by atoms with van der Waals surface area (Å²) in [5.74, 6) is 0.110. The standard InChI is InChI=1S/C16H19N3OS.2ClH/c1-11-10-21-15(18-11)13-4-3-5-14(8-13)16(20)19-7-6-17-9-12(19)2;;/h3-5,8,10,12,17H,6-7,9H2,1-2H3;2*1H/t12-;;/m0../s1. The molecule has 7 heteroatoms. The summed E-state index contributed by atoms with van der Waals surface area (Å²) in [5.41, 5.74) is 2.78. The van der Waals surface area contributed by atoms with Gasteiger partial charge in [-0.1, -0.05) is 12.1 Å². The highest BCUT2D eigenvalue weighted by molar-refractivity contribution is 7.13. The van der Waals surface area contributed by atoms with Gasteiger partial charge in [-0.05, 0) is 26.0 Å². The topological polar surface area (TPSA) is 45.2 Å². The molecule has 1 aliphatic rings. The van der Waals surface area contributed by atoms with Crippen molar-refractivity contribution in [3.05, 3.63) is 40.9 Å². The van der Waals surface area contributed by atoms with Gasteiger partial charge >= 0.3 is 0 Å². The lowest BCUT2D eigenvalue weighted by Gasteiger charge is -2.34. The number of aryl methyl sites for hydroxylation is 1. The van der Waals surface area contributed by atoms with Crippen LogP contribution in [-0.4, -0.2) is 41.5 Å². The molecule has 1 aromatic heterocycles. The Balaban J connectivity index is 0.00000132. The third-order valence-corrected chi connectivity index (χ3v) is 4.75. The fraction of sp³-hybridized carbons (Fsp3) is 0.375. The number of nitrogens with zero attached hydrogens (tertiary/aromatic N) is 2. The van der Waals surface area contributed by atoms with Crippen LogP contribution in [0.4, 0.5) is 0 Å². The van der Waals surface area contributed by atoms with Gasteiger partial charge < -0.3 is 10.2 Å². The van der Waals surface area contributed by atoms with Crippen LogP contribution in [0.2, 0.25) is 0 Å². The highest BCUT2D eigenvalue weighted by Crippen LogP contribution is 2.25. The predicted molar refractivity (Wildman–Crippen MR) is 100 cm³/mol. The average molecular weight is 374 g/mol. The van der Waals surface area contributed by atoms with Gasteiger partial charge in [-0.25, -0.2) is 4.98 Å². The Hall–Kier alpha value is -1.14. The van der Waals surface area contributed by atoms with E-state index in [4.69, 9.17) is 0 Å². The number of hydrogen-bond donors (Lipinski definition) is 1. The minimum atomic E-state index is 0. The maximum Gasteiger partial charge on any atom is 0.254 e. The van der Waals surface area contributed by atoms with E-state index in [1.807, 2.05) is 41.5 Å². The maximum absolute atomic E-state index is 12.7. The number of piperazine rings is 1. The van der Waals surface area contributed by atoms with Crippen molar-refractivity contribution in [2.75, 3.05) is 19.6 Å². The van der Waals surface area contributed by atoms with Crippen molar-refractivity contribution >= 4 is 42.1 Å². The zero-order valence-electron chi connectivity index (χ0n) is 13.1. The normalized spacial score (nSPS) is 17.1. The number of aromatic nitrogens is 1. The molecule has 1 aromatic carbocycles. The van der Waals surface area contributed by atoms with Crippen LogP contribution >= 0.6 is 36.2 Å². The van der Waals surface area contributed by atoms with Crippen molar-refractivity contribution in [2.24, 2.45) is 0 Å². The van der Waals surface area contributed by atoms with Crippen LogP contribution in [0.5, 0.6) is 0 Å². The largest absolute Gasteiger partial charge is 0.333 e. The van der Waals surface area contributed by atoms with Crippen molar-refractivity contribution in [1.82, 2.24) is 15.2 Å². The molecule has 1 fully saturated rings. The van der Waals surface area contributed by atoms with E-state index < -0.39 is 0 Å². The molecule has 1 N–H and O–H groups in total. The number of benzene rings is 1. The molecule has 2 aromatic rings. The van der Waals surface area contributed by atoms with E-state index in [0.29, 0.717) is 0 Å². The first-order chi connectivity index (χ1) is 10.1. The van der Waals surface area contributed by atoms with Crippen LogP contribution in [-0.2, 0) is 0 Å². The Kier molecular flexibility index (Phi) is 7.48. The second-order valence-corrected chi connectivity index (χ2v) is 6.28. The minimum absolute atomic E-state index is 0. The SMILES string of the molecule is Cc1csc(-c2cccc(C(=O)N3CCNC[C@@H]3C)c2)n1.Cl.Cl. The Bertz CT molecular complexity index is 662. The van der Waals surface area contributed by atoms with E-state index in [9.17, 15) is 4.79 Å². The molecule has 0 spiro atoms. The lowest BCUT2D eigenvalue weighted by atomic mass is 10.1. The van der Waals surface area contributed by atoms with E-state index in [2.05, 4.69) is 17.2 Å². The van der Waals surface area contributed by atoms with Crippen molar-refractivity contribution < 1.29 is 4.79 Å². The van der Waals surface area contributed by atoms with Gasteiger partial charge in [0.1, 0.15) is 5.01 Å². The lowest BCUT2D eigenvalue weighted by Crippen LogP contribution is -2.52. The zero-order valence-corrected chi connectivity index (χ0v) is 15.6. The first kappa shape index (κ1) is 19.9. The second kappa shape index (κ2) is 8.64. The number of amides is 1. The summed E-state index contributed by atoms with van der Waals surface area (Å²) in [7, 11) is 0. The lowest BCUT2D eigenvalue weighted by molar-refractivity contribution is 0.0656. The fourth-order valence-corrected chi connectivity index (χ4v) is 3.38. The molecule has 23 heavy (non-hydrogen) atoms. The fourth-order valence-electron chi connectivity index (χ4n) is 2.58. The molecular formula is C16H21Cl2N3OS. The van der Waals surface area contributed by atoms with E-state index in [1.54, 1.807) is 11.3 Å². The minimum Gasteiger partial charge on any atom is -0.333 e. The smallest absolute Gasteiger partial charge is 0.254 e. The highest BCUT2D eigenvalue weighted by Gasteiger charge is 2.24. The summed E-state index contributed by atoms with van der Waals surface area (Å²) in [5, 5.41) is 6.31. The number of carbonyl (C=O) groups is 1. The quantitative estimate of drug-likeness (QED) is 0.877. The third-order valence-electron chi connectivity index (χ3n) is 3.74. The Morgan fingerprint density at radius 2 is 2.17 bits per heavy atom. The van der Waals surface area contributed by atoms with Crippen LogP contribution in [0, 0.1) is 6.92 Å². The van der Waals surface area contributed by atoms with Gasteiger partial charge in [0.2, 0.25) is 0 Å². The molecule has 1 aliphatic heterocycles. The summed E-state index contributed by atoms with van der Waals surface area (Å²) in [6.07, 6.45) is 0. The molecule has 1 amide bonds. The summed E-state index contributed by atoms with van der Waals surface area (Å²) in [6, 6.07) is 8.02. The van der Waals surface area contributed by atoms with Crippen molar-refractivity contribution in [2.45, 2.75) is 19.9 Å². The molecule has 3 rings (SSSR count). The number of nitrogens with one attached hydrogen (secondary N) is 1. The van der Waals surface area contributed by atoms with Crippen molar-refractivity contribution in [3.8, 4) is 10.6 Å². The average Bonchev–Trinajstić information content (AvgIpc) is 2.94. The molecule has 0 saturated carbocycles. The second-order valence-electron chi connectivity index (χ2n) is 5.43. The van der Waals surface area contributed by atoms with Crippen LogP contribution in [0.1, 0.15) is 23.0 Å². The number of hydrogen-bond acceptors (Lipinski definition) is 4. The van der Waals surface area contributed by atoms with Gasteiger partial charge in [-0.2, -0.15) is 0 Å². The number of halogens is 2. The number of carbonyl (C=O) groups excluding carboxylic acids is 1. The molecule has 0 radical (unpaired) electrons. The summed E-state index contributed by atoms with van der Waals surface area (Å²) in [4.78, 5) is 19.1. The van der Waals surface area contributed by atoms with Crippen molar-refractivity contribution in [1.29, 1.82) is 0 Å². The monoisotopic (exact) mass is 373 g/mol. The van der Waals surface area contributed by atoms with Crippen LogP contribution < -0.4 is 5.32 Å². The van der Waals surface area contributed by atoms with E-state index in [-0.39, 0.29) is 36.8 Å². The highest BCUT2D eigenvalue weighted by atomic mass is 35.5. The molecular weight excluding hydrogens is 353 g/mol. The van der Waals surface area contributed by atoms with Crippen LogP contribution in [0.3, 0.4) is 0 Å². The molecule has 0 aliphatic carbocycles.